The summed E-state index contributed by atoms with van der Waals surface area (Å²) in [6.07, 6.45) is 1.61. The topological polar surface area (TPSA) is 95.1 Å². The molecule has 0 bridgehead atoms. The number of piperidine rings is 1. The molecule has 2 saturated heterocycles. The Morgan fingerprint density at radius 1 is 1.32 bits per heavy atom. The average Bonchev–Trinajstić information content (AvgIpc) is 2.96. The summed E-state index contributed by atoms with van der Waals surface area (Å²) < 4.78 is 5.90. The van der Waals surface area contributed by atoms with E-state index in [0.717, 1.165) is 37.6 Å². The van der Waals surface area contributed by atoms with E-state index in [2.05, 4.69) is 25.8 Å². The molecule has 152 valence electrons. The number of hydrogen-bond acceptors (Lipinski definition) is 4. The van der Waals surface area contributed by atoms with Gasteiger partial charge in [0.25, 0.3) is 5.91 Å². The lowest BCUT2D eigenvalue weighted by Gasteiger charge is -2.39. The fourth-order valence-electron chi connectivity index (χ4n) is 3.85. The van der Waals surface area contributed by atoms with Gasteiger partial charge >= 0.3 is 6.03 Å². The Labute approximate surface area is 165 Å². The molecule has 2 atom stereocenters. The van der Waals surface area contributed by atoms with Gasteiger partial charge in [-0.15, -0.1) is 0 Å². The van der Waals surface area contributed by atoms with Gasteiger partial charge in [-0.1, -0.05) is 18.2 Å². The van der Waals surface area contributed by atoms with E-state index in [1.807, 2.05) is 44.2 Å². The summed E-state index contributed by atoms with van der Waals surface area (Å²) >= 11 is 0. The highest BCUT2D eigenvalue weighted by atomic mass is 16.5. The first-order chi connectivity index (χ1) is 13.4. The van der Waals surface area contributed by atoms with Crippen LogP contribution >= 0.6 is 0 Å². The third-order valence-corrected chi connectivity index (χ3v) is 5.52. The number of aliphatic imine (C=N–C) groups is 1. The van der Waals surface area contributed by atoms with Crippen molar-refractivity contribution in [3.8, 4) is 5.75 Å². The first-order valence-corrected chi connectivity index (χ1v) is 9.73. The molecule has 3 N–H and O–H groups in total. The number of hydrogen-bond donors (Lipinski definition) is 3. The summed E-state index contributed by atoms with van der Waals surface area (Å²) in [5, 5.41) is 8.51. The van der Waals surface area contributed by atoms with Crippen LogP contribution in [0.3, 0.4) is 0 Å². The molecule has 28 heavy (non-hydrogen) atoms. The molecule has 0 aromatic heterocycles. The van der Waals surface area contributed by atoms with Gasteiger partial charge in [0.15, 0.2) is 5.96 Å². The number of nitrogens with zero attached hydrogens (tertiary/aromatic N) is 2. The smallest absolute Gasteiger partial charge is 0.322 e. The zero-order valence-electron chi connectivity index (χ0n) is 16.7. The third-order valence-electron chi connectivity index (χ3n) is 5.52. The van der Waals surface area contributed by atoms with Crippen molar-refractivity contribution in [2.45, 2.75) is 38.3 Å². The number of imide groups is 1. The van der Waals surface area contributed by atoms with Crippen molar-refractivity contribution >= 4 is 17.9 Å². The molecule has 3 amide bonds. The van der Waals surface area contributed by atoms with Crippen LogP contribution in [0.1, 0.15) is 26.7 Å². The van der Waals surface area contributed by atoms with E-state index in [1.54, 1.807) is 7.05 Å². The van der Waals surface area contributed by atoms with E-state index in [9.17, 15) is 9.59 Å². The van der Waals surface area contributed by atoms with Crippen molar-refractivity contribution in [1.29, 1.82) is 0 Å². The van der Waals surface area contributed by atoms with Gasteiger partial charge < -0.3 is 20.3 Å². The Morgan fingerprint density at radius 3 is 2.57 bits per heavy atom. The molecule has 0 radical (unpaired) electrons. The predicted octanol–water partition coefficient (Wildman–Crippen LogP) is 1.34. The lowest BCUT2D eigenvalue weighted by Crippen LogP contribution is -2.55. The standard InChI is InChI=1S/C20H29N5O3/c1-14(28-16-7-5-4-6-8-16)13-22-18(21-3)25-11-9-15(10-12-25)20(2)17(26)23-19(27)24-20/h4-8,14-15H,9-13H2,1-3H3,(H,21,22)(H2,23,24,26,27). The molecule has 8 nitrogen and oxygen atoms in total. The van der Waals surface area contributed by atoms with Crippen molar-refractivity contribution in [3.05, 3.63) is 30.3 Å². The van der Waals surface area contributed by atoms with Crippen LogP contribution in [-0.2, 0) is 4.79 Å². The minimum absolute atomic E-state index is 0.00648. The predicted molar refractivity (Wildman–Crippen MR) is 107 cm³/mol. The second-order valence-corrected chi connectivity index (χ2v) is 7.54. The zero-order valence-corrected chi connectivity index (χ0v) is 16.7. The summed E-state index contributed by atoms with van der Waals surface area (Å²) in [6, 6.07) is 9.34. The normalized spacial score (nSPS) is 24.5. The average molecular weight is 387 g/mol. The molecule has 0 aliphatic carbocycles. The van der Waals surface area contributed by atoms with Gasteiger partial charge in [0.1, 0.15) is 17.4 Å². The van der Waals surface area contributed by atoms with Crippen molar-refractivity contribution in [2.24, 2.45) is 10.9 Å². The molecular weight excluding hydrogens is 358 g/mol. The molecule has 1 aromatic carbocycles. The van der Waals surface area contributed by atoms with Crippen molar-refractivity contribution < 1.29 is 14.3 Å². The van der Waals surface area contributed by atoms with Gasteiger partial charge in [0.05, 0.1) is 6.54 Å². The number of carbonyl (C=O) groups is 2. The maximum atomic E-state index is 12.1. The summed E-state index contributed by atoms with van der Waals surface area (Å²) in [6.45, 7) is 6.01. The van der Waals surface area contributed by atoms with Crippen LogP contribution in [0.15, 0.2) is 35.3 Å². The summed E-state index contributed by atoms with van der Waals surface area (Å²) in [4.78, 5) is 30.2. The Morgan fingerprint density at radius 2 is 2.00 bits per heavy atom. The number of guanidine groups is 1. The third kappa shape index (κ3) is 4.37. The maximum Gasteiger partial charge on any atom is 0.322 e. The second kappa shape index (κ2) is 8.50. The van der Waals surface area contributed by atoms with E-state index in [1.165, 1.54) is 0 Å². The molecule has 0 saturated carbocycles. The second-order valence-electron chi connectivity index (χ2n) is 7.54. The first kappa shape index (κ1) is 20.0. The van der Waals surface area contributed by atoms with E-state index >= 15 is 0 Å². The van der Waals surface area contributed by atoms with E-state index in [0.29, 0.717) is 6.54 Å². The van der Waals surface area contributed by atoms with Gasteiger partial charge in [-0.2, -0.15) is 0 Å². The number of para-hydroxylation sites is 1. The van der Waals surface area contributed by atoms with Gasteiger partial charge in [0, 0.05) is 20.1 Å². The number of benzene rings is 1. The number of likely N-dealkylation sites (tertiary alicyclic amines) is 1. The van der Waals surface area contributed by atoms with Crippen LogP contribution < -0.4 is 20.7 Å². The Kier molecular flexibility index (Phi) is 6.06. The fraction of sp³-hybridized carbons (Fsp3) is 0.550. The van der Waals surface area contributed by atoms with Crippen LogP contribution in [0.25, 0.3) is 0 Å². The molecule has 2 fully saturated rings. The van der Waals surface area contributed by atoms with Crippen LogP contribution in [0.4, 0.5) is 4.79 Å². The summed E-state index contributed by atoms with van der Waals surface area (Å²) in [5.74, 6) is 1.55. The summed E-state index contributed by atoms with van der Waals surface area (Å²) in [7, 11) is 1.77. The molecular formula is C20H29N5O3. The van der Waals surface area contributed by atoms with Crippen LogP contribution in [-0.4, -0.2) is 61.1 Å². The van der Waals surface area contributed by atoms with Crippen molar-refractivity contribution in [3.63, 3.8) is 0 Å². The largest absolute Gasteiger partial charge is 0.489 e. The SMILES string of the molecule is CN=C(NCC(C)Oc1ccccc1)N1CCC(C2(C)NC(=O)NC2=O)CC1. The number of nitrogens with one attached hydrogen (secondary N) is 3. The minimum Gasteiger partial charge on any atom is -0.489 e. The number of carbonyl (C=O) groups excluding carboxylic acids is 2. The van der Waals surface area contributed by atoms with Crippen LogP contribution in [0, 0.1) is 5.92 Å². The molecule has 2 heterocycles. The van der Waals surface area contributed by atoms with Crippen LogP contribution in [0.5, 0.6) is 5.75 Å². The minimum atomic E-state index is -0.821. The zero-order chi connectivity index (χ0) is 20.1. The molecule has 8 heteroatoms. The highest BCUT2D eigenvalue weighted by Gasteiger charge is 2.48. The van der Waals surface area contributed by atoms with E-state index in [4.69, 9.17) is 4.74 Å². The van der Waals surface area contributed by atoms with E-state index < -0.39 is 11.6 Å². The lowest BCUT2D eigenvalue weighted by molar-refractivity contribution is -0.125. The van der Waals surface area contributed by atoms with Gasteiger partial charge in [-0.05, 0) is 44.7 Å². The molecule has 2 unspecified atom stereocenters. The molecule has 2 aliphatic rings. The monoisotopic (exact) mass is 387 g/mol. The lowest BCUT2D eigenvalue weighted by atomic mass is 9.79. The quantitative estimate of drug-likeness (QED) is 0.403. The van der Waals surface area contributed by atoms with Gasteiger partial charge in [-0.3, -0.25) is 15.1 Å². The highest BCUT2D eigenvalue weighted by Crippen LogP contribution is 2.30. The van der Waals surface area contributed by atoms with Crippen molar-refractivity contribution in [1.82, 2.24) is 20.9 Å². The Bertz CT molecular complexity index is 731. The van der Waals surface area contributed by atoms with Gasteiger partial charge in [0.2, 0.25) is 0 Å². The summed E-state index contributed by atoms with van der Waals surface area (Å²) in [5.41, 5.74) is -0.821. The number of urea groups is 1. The first-order valence-electron chi connectivity index (χ1n) is 9.73. The van der Waals surface area contributed by atoms with Crippen molar-refractivity contribution in [2.75, 3.05) is 26.7 Å². The number of rotatable bonds is 5. The fourth-order valence-corrected chi connectivity index (χ4v) is 3.85. The number of ether oxygens (including phenoxy) is 1. The number of amides is 3. The Balaban J connectivity index is 1.48. The van der Waals surface area contributed by atoms with Gasteiger partial charge in [-0.25, -0.2) is 4.79 Å². The highest BCUT2D eigenvalue weighted by molar-refractivity contribution is 6.07. The Hall–Kier alpha value is -2.77. The molecule has 1 aromatic rings. The van der Waals surface area contributed by atoms with E-state index in [-0.39, 0.29) is 17.9 Å². The maximum absolute atomic E-state index is 12.1. The molecule has 2 aliphatic heterocycles. The molecule has 3 rings (SSSR count). The molecule has 0 spiro atoms. The van der Waals surface area contributed by atoms with Crippen LogP contribution in [0.2, 0.25) is 0 Å².